The molecule has 31 heavy (non-hydrogen) atoms. The minimum Gasteiger partial charge on any atom is -0.466 e. The highest BCUT2D eigenvalue weighted by Gasteiger charge is 2.33. The van der Waals surface area contributed by atoms with Crippen LogP contribution in [0.3, 0.4) is 0 Å². The predicted molar refractivity (Wildman–Crippen MR) is 118 cm³/mol. The SMILES string of the molecule is CCOC(=O)Cc1csc(SCC2=C(C(=O)OCC)C(c3ccccc3)NC(=O)N2)n1. The van der Waals surface area contributed by atoms with Crippen molar-refractivity contribution in [2.75, 3.05) is 19.0 Å². The average molecular weight is 462 g/mol. The van der Waals surface area contributed by atoms with E-state index in [9.17, 15) is 14.4 Å². The lowest BCUT2D eigenvalue weighted by Crippen LogP contribution is -2.46. The molecule has 0 saturated carbocycles. The third-order valence-electron chi connectivity index (χ3n) is 4.28. The number of amides is 2. The Labute approximate surface area is 188 Å². The van der Waals surface area contributed by atoms with E-state index in [-0.39, 0.29) is 25.0 Å². The first kappa shape index (κ1) is 22.8. The number of rotatable bonds is 9. The summed E-state index contributed by atoms with van der Waals surface area (Å²) >= 11 is 2.77. The van der Waals surface area contributed by atoms with Crippen molar-refractivity contribution in [2.24, 2.45) is 0 Å². The summed E-state index contributed by atoms with van der Waals surface area (Å²) in [6.07, 6.45) is 0.110. The van der Waals surface area contributed by atoms with E-state index in [0.29, 0.717) is 29.3 Å². The van der Waals surface area contributed by atoms with Crippen LogP contribution in [0.15, 0.2) is 51.3 Å². The molecular weight excluding hydrogens is 438 g/mol. The van der Waals surface area contributed by atoms with Crippen molar-refractivity contribution in [1.82, 2.24) is 15.6 Å². The topological polar surface area (TPSA) is 107 Å². The smallest absolute Gasteiger partial charge is 0.338 e. The maximum Gasteiger partial charge on any atom is 0.338 e. The second kappa shape index (κ2) is 11.0. The van der Waals surface area contributed by atoms with Crippen LogP contribution in [0, 0.1) is 0 Å². The highest BCUT2D eigenvalue weighted by atomic mass is 32.2. The molecule has 0 spiro atoms. The highest BCUT2D eigenvalue weighted by Crippen LogP contribution is 2.31. The largest absolute Gasteiger partial charge is 0.466 e. The number of thiazole rings is 1. The van der Waals surface area contributed by atoms with Crippen molar-refractivity contribution in [3.63, 3.8) is 0 Å². The van der Waals surface area contributed by atoms with Gasteiger partial charge in [-0.25, -0.2) is 14.6 Å². The van der Waals surface area contributed by atoms with E-state index in [1.54, 1.807) is 19.2 Å². The monoisotopic (exact) mass is 461 g/mol. The normalized spacial score (nSPS) is 15.8. The number of ether oxygens (including phenoxy) is 2. The van der Waals surface area contributed by atoms with Gasteiger partial charge in [-0.1, -0.05) is 42.1 Å². The fraction of sp³-hybridized carbons (Fsp3) is 0.333. The molecule has 0 bridgehead atoms. The number of hydrogen-bond donors (Lipinski definition) is 2. The van der Waals surface area contributed by atoms with E-state index in [4.69, 9.17) is 9.47 Å². The fourth-order valence-corrected chi connectivity index (χ4v) is 4.82. The molecule has 1 unspecified atom stereocenters. The number of esters is 2. The summed E-state index contributed by atoms with van der Waals surface area (Å²) < 4.78 is 10.9. The summed E-state index contributed by atoms with van der Waals surface area (Å²) in [5.41, 5.74) is 2.25. The zero-order chi connectivity index (χ0) is 22.2. The van der Waals surface area contributed by atoms with Crippen LogP contribution < -0.4 is 10.6 Å². The van der Waals surface area contributed by atoms with Crippen molar-refractivity contribution < 1.29 is 23.9 Å². The Balaban J connectivity index is 1.81. The lowest BCUT2D eigenvalue weighted by atomic mass is 9.95. The Hall–Kier alpha value is -2.85. The van der Waals surface area contributed by atoms with Gasteiger partial charge in [0.05, 0.1) is 36.9 Å². The standard InChI is InChI=1S/C21H23N3O5S2/c1-3-28-16(25)10-14-11-30-21(22-14)31-12-15-17(19(26)29-4-2)18(24-20(27)23-15)13-8-6-5-7-9-13/h5-9,11,18H,3-4,10,12H2,1-2H3,(H2,23,24,27). The molecule has 0 saturated heterocycles. The van der Waals surface area contributed by atoms with Gasteiger partial charge in [0.15, 0.2) is 4.34 Å². The van der Waals surface area contributed by atoms with Crippen molar-refractivity contribution in [3.8, 4) is 0 Å². The van der Waals surface area contributed by atoms with Crippen LogP contribution in [0.1, 0.15) is 31.1 Å². The van der Waals surface area contributed by atoms with E-state index in [1.807, 2.05) is 30.3 Å². The van der Waals surface area contributed by atoms with Gasteiger partial charge in [0.25, 0.3) is 0 Å². The molecule has 3 rings (SSSR count). The molecule has 8 nitrogen and oxygen atoms in total. The zero-order valence-corrected chi connectivity index (χ0v) is 18.8. The van der Waals surface area contributed by atoms with Crippen LogP contribution in [0.2, 0.25) is 0 Å². The van der Waals surface area contributed by atoms with Gasteiger partial charge in [-0.2, -0.15) is 0 Å². The van der Waals surface area contributed by atoms with Crippen LogP contribution in [-0.4, -0.2) is 41.9 Å². The maximum absolute atomic E-state index is 12.8. The fourth-order valence-electron chi connectivity index (χ4n) is 3.01. The van der Waals surface area contributed by atoms with Gasteiger partial charge in [-0.3, -0.25) is 4.79 Å². The van der Waals surface area contributed by atoms with Crippen molar-refractivity contribution >= 4 is 41.1 Å². The first-order valence-electron chi connectivity index (χ1n) is 9.77. The number of carbonyl (C=O) groups excluding carboxylic acids is 3. The van der Waals surface area contributed by atoms with Crippen LogP contribution in [0.5, 0.6) is 0 Å². The summed E-state index contributed by atoms with van der Waals surface area (Å²) in [7, 11) is 0. The molecule has 164 valence electrons. The number of nitrogens with one attached hydrogen (secondary N) is 2. The van der Waals surface area contributed by atoms with Crippen molar-refractivity contribution in [3.05, 3.63) is 58.2 Å². The molecule has 1 aromatic carbocycles. The Morgan fingerprint density at radius 3 is 2.61 bits per heavy atom. The molecule has 10 heteroatoms. The Bertz CT molecular complexity index is 974. The first-order valence-corrected chi connectivity index (χ1v) is 11.6. The molecule has 2 amide bonds. The third kappa shape index (κ3) is 6.08. The number of hydrogen-bond acceptors (Lipinski definition) is 8. The second-order valence-electron chi connectivity index (χ2n) is 6.43. The first-order chi connectivity index (χ1) is 15.0. The number of aromatic nitrogens is 1. The Morgan fingerprint density at radius 1 is 1.16 bits per heavy atom. The molecule has 2 aromatic rings. The van der Waals surface area contributed by atoms with Crippen LogP contribution in [-0.2, 0) is 25.5 Å². The van der Waals surface area contributed by atoms with Crippen LogP contribution >= 0.6 is 23.1 Å². The summed E-state index contributed by atoms with van der Waals surface area (Å²) in [5, 5.41) is 7.35. The number of benzene rings is 1. The van der Waals surface area contributed by atoms with Crippen molar-refractivity contribution in [2.45, 2.75) is 30.6 Å². The van der Waals surface area contributed by atoms with Crippen LogP contribution in [0.4, 0.5) is 4.79 Å². The number of carbonyl (C=O) groups is 3. The molecule has 0 fully saturated rings. The summed E-state index contributed by atoms with van der Waals surface area (Å²) in [6.45, 7) is 4.04. The quantitative estimate of drug-likeness (QED) is 0.436. The van der Waals surface area contributed by atoms with Gasteiger partial charge in [0, 0.05) is 16.8 Å². The predicted octanol–water partition coefficient (Wildman–Crippen LogP) is 3.21. The van der Waals surface area contributed by atoms with E-state index in [1.165, 1.54) is 23.1 Å². The maximum atomic E-state index is 12.8. The molecule has 1 aromatic heterocycles. The Kier molecular flexibility index (Phi) is 8.07. The number of nitrogens with zero attached hydrogens (tertiary/aromatic N) is 1. The summed E-state index contributed by atoms with van der Waals surface area (Å²) in [5.74, 6) is -0.494. The lowest BCUT2D eigenvalue weighted by molar-refractivity contribution is -0.142. The van der Waals surface area contributed by atoms with E-state index < -0.39 is 12.0 Å². The Morgan fingerprint density at radius 2 is 1.90 bits per heavy atom. The van der Waals surface area contributed by atoms with E-state index >= 15 is 0 Å². The number of urea groups is 1. The van der Waals surface area contributed by atoms with Gasteiger partial charge in [-0.15, -0.1) is 11.3 Å². The van der Waals surface area contributed by atoms with Gasteiger partial charge in [-0.05, 0) is 19.4 Å². The van der Waals surface area contributed by atoms with Crippen molar-refractivity contribution in [1.29, 1.82) is 0 Å². The van der Waals surface area contributed by atoms with Gasteiger partial charge >= 0.3 is 18.0 Å². The minimum absolute atomic E-state index is 0.110. The van der Waals surface area contributed by atoms with E-state index in [2.05, 4.69) is 15.6 Å². The van der Waals surface area contributed by atoms with Crippen LogP contribution in [0.25, 0.3) is 0 Å². The van der Waals surface area contributed by atoms with Gasteiger partial charge in [0.1, 0.15) is 0 Å². The molecule has 2 heterocycles. The lowest BCUT2D eigenvalue weighted by Gasteiger charge is -2.29. The number of thioether (sulfide) groups is 1. The minimum atomic E-state index is -0.611. The average Bonchev–Trinajstić information content (AvgIpc) is 3.19. The molecule has 1 aliphatic rings. The second-order valence-corrected chi connectivity index (χ2v) is 8.51. The summed E-state index contributed by atoms with van der Waals surface area (Å²) in [4.78, 5) is 41.1. The van der Waals surface area contributed by atoms with Gasteiger partial charge < -0.3 is 20.1 Å². The van der Waals surface area contributed by atoms with Gasteiger partial charge in [0.2, 0.25) is 0 Å². The molecule has 0 aliphatic carbocycles. The zero-order valence-electron chi connectivity index (χ0n) is 17.2. The van der Waals surface area contributed by atoms with E-state index in [0.717, 1.165) is 9.90 Å². The molecule has 1 atom stereocenters. The third-order valence-corrected chi connectivity index (χ3v) is 6.38. The molecule has 2 N–H and O–H groups in total. The molecular formula is C21H23N3O5S2. The molecule has 1 aliphatic heterocycles. The molecule has 0 radical (unpaired) electrons. The summed E-state index contributed by atoms with van der Waals surface area (Å²) in [6, 6.07) is 8.27. The highest BCUT2D eigenvalue weighted by molar-refractivity contribution is 8.01.